The van der Waals surface area contributed by atoms with Crippen LogP contribution in [0.1, 0.15) is 6.42 Å². The number of carbonyl (C=O) groups is 2. The van der Waals surface area contributed by atoms with Crippen molar-refractivity contribution in [2.45, 2.75) is 10.6 Å². The minimum atomic E-state index is -5.17. The Hall–Kier alpha value is -0.860. The van der Waals surface area contributed by atoms with E-state index in [-0.39, 0.29) is 0 Å². The van der Waals surface area contributed by atoms with E-state index in [9.17, 15) is 18.0 Å². The summed E-state index contributed by atoms with van der Waals surface area (Å²) >= 11 is 4.93. The van der Waals surface area contributed by atoms with Crippen LogP contribution in [0.3, 0.4) is 0 Å². The molecule has 0 aliphatic carbocycles. The second-order valence-electron chi connectivity index (χ2n) is 2.08. The van der Waals surface area contributed by atoms with E-state index in [4.69, 9.17) is 26.4 Å². The lowest BCUT2D eigenvalue weighted by molar-refractivity contribution is -0.144. The number of carboxylic acids is 2. The molecule has 0 amide bonds. The molecule has 13 heavy (non-hydrogen) atoms. The van der Waals surface area contributed by atoms with Gasteiger partial charge in [0, 0.05) is 0 Å². The summed E-state index contributed by atoms with van der Waals surface area (Å²) in [6, 6.07) is 0. The highest BCUT2D eigenvalue weighted by Crippen LogP contribution is 2.26. The minimum Gasteiger partial charge on any atom is -0.481 e. The first-order chi connectivity index (χ1) is 5.61. The van der Waals surface area contributed by atoms with E-state index in [2.05, 4.69) is 0 Å². The Morgan fingerprint density at radius 1 is 1.31 bits per heavy atom. The summed E-state index contributed by atoms with van der Waals surface area (Å²) in [5.41, 5.74) is 0. The molecule has 9 heteroatoms. The summed E-state index contributed by atoms with van der Waals surface area (Å²) < 4.78 is 25.9. The van der Waals surface area contributed by atoms with Crippen molar-refractivity contribution in [3.05, 3.63) is 0 Å². The fraction of sp³-hybridized carbons (Fsp3) is 0.500. The highest BCUT2D eigenvalue weighted by molar-refractivity contribution is 7.89. The summed E-state index contributed by atoms with van der Waals surface area (Å²) in [4.78, 5) is 20.3. The van der Waals surface area contributed by atoms with Crippen LogP contribution in [0.4, 0.5) is 0 Å². The van der Waals surface area contributed by atoms with Gasteiger partial charge < -0.3 is 10.2 Å². The van der Waals surface area contributed by atoms with Crippen LogP contribution in [0, 0.1) is 0 Å². The monoisotopic (exact) mass is 232 g/mol. The standard InChI is InChI=1S/C4H5ClO7S/c5-4(3(8)9,1-2(6)7)13(10,11)12/h1H2,(H,6,7)(H,8,9)(H,10,11,12). The van der Waals surface area contributed by atoms with E-state index >= 15 is 0 Å². The van der Waals surface area contributed by atoms with Gasteiger partial charge in [-0.15, -0.1) is 0 Å². The summed E-state index contributed by atoms with van der Waals surface area (Å²) in [6.45, 7) is 0. The van der Waals surface area contributed by atoms with Crippen molar-refractivity contribution in [1.29, 1.82) is 0 Å². The molecule has 0 aliphatic heterocycles. The Morgan fingerprint density at radius 3 is 1.77 bits per heavy atom. The summed E-state index contributed by atoms with van der Waals surface area (Å²) in [5, 5.41) is 16.4. The summed E-state index contributed by atoms with van der Waals surface area (Å²) in [5.74, 6) is -3.89. The fourth-order valence-electron chi connectivity index (χ4n) is 0.472. The molecular formula is C4H5ClO7S. The average Bonchev–Trinajstić information content (AvgIpc) is 1.82. The maximum atomic E-state index is 10.4. The largest absolute Gasteiger partial charge is 0.481 e. The van der Waals surface area contributed by atoms with Crippen LogP contribution in [0.5, 0.6) is 0 Å². The Labute approximate surface area is 77.7 Å². The molecule has 0 aromatic heterocycles. The molecule has 7 nitrogen and oxygen atoms in total. The molecule has 0 fully saturated rings. The lowest BCUT2D eigenvalue weighted by atomic mass is 10.3. The van der Waals surface area contributed by atoms with Crippen LogP contribution in [0.15, 0.2) is 0 Å². The number of hydrogen-bond donors (Lipinski definition) is 3. The van der Waals surface area contributed by atoms with E-state index < -0.39 is 32.7 Å². The van der Waals surface area contributed by atoms with Crippen LogP contribution in [-0.2, 0) is 19.7 Å². The van der Waals surface area contributed by atoms with Gasteiger partial charge in [0.05, 0.1) is 6.42 Å². The number of alkyl halides is 1. The highest BCUT2D eigenvalue weighted by Gasteiger charge is 2.51. The SMILES string of the molecule is O=C(O)CC(Cl)(C(=O)O)S(=O)(=O)O. The van der Waals surface area contributed by atoms with Crippen molar-refractivity contribution in [3.63, 3.8) is 0 Å². The first-order valence-electron chi connectivity index (χ1n) is 2.72. The number of halogens is 1. The number of carboxylic acid groups (broad SMARTS) is 2. The lowest BCUT2D eigenvalue weighted by Crippen LogP contribution is -2.42. The zero-order chi connectivity index (χ0) is 10.9. The molecule has 0 bridgehead atoms. The molecule has 0 aliphatic rings. The molecule has 76 valence electrons. The first kappa shape index (κ1) is 12.1. The Bertz CT molecular complexity index is 332. The second kappa shape index (κ2) is 3.48. The van der Waals surface area contributed by atoms with Crippen molar-refractivity contribution in [3.8, 4) is 0 Å². The number of rotatable bonds is 4. The molecule has 0 aromatic carbocycles. The topological polar surface area (TPSA) is 129 Å². The van der Waals surface area contributed by atoms with Gasteiger partial charge in [-0.1, -0.05) is 11.6 Å². The lowest BCUT2D eigenvalue weighted by Gasteiger charge is -2.15. The molecule has 1 atom stereocenters. The second-order valence-corrected chi connectivity index (χ2v) is 4.60. The van der Waals surface area contributed by atoms with Crippen molar-refractivity contribution in [2.75, 3.05) is 0 Å². The van der Waals surface area contributed by atoms with Gasteiger partial charge in [-0.25, -0.2) is 4.79 Å². The molecule has 0 heterocycles. The Balaban J connectivity index is 5.21. The Morgan fingerprint density at radius 2 is 1.69 bits per heavy atom. The summed E-state index contributed by atoms with van der Waals surface area (Å²) in [6.07, 6.45) is -1.43. The molecule has 3 N–H and O–H groups in total. The minimum absolute atomic E-state index is 1.43. The van der Waals surface area contributed by atoms with Crippen LogP contribution < -0.4 is 0 Å². The zero-order valence-electron chi connectivity index (χ0n) is 5.97. The normalized spacial score (nSPS) is 16.2. The van der Waals surface area contributed by atoms with E-state index in [0.717, 1.165) is 0 Å². The van der Waals surface area contributed by atoms with Gasteiger partial charge in [0.1, 0.15) is 0 Å². The van der Waals surface area contributed by atoms with Gasteiger partial charge in [0.15, 0.2) is 0 Å². The maximum Gasteiger partial charge on any atom is 0.343 e. The summed E-state index contributed by atoms with van der Waals surface area (Å²) in [7, 11) is -5.17. The Kier molecular flexibility index (Phi) is 3.25. The predicted molar refractivity (Wildman–Crippen MR) is 40.0 cm³/mol. The molecule has 1 unspecified atom stereocenters. The third-order valence-corrected chi connectivity index (χ3v) is 3.12. The van der Waals surface area contributed by atoms with Crippen LogP contribution >= 0.6 is 11.6 Å². The maximum absolute atomic E-state index is 10.4. The average molecular weight is 233 g/mol. The molecular weight excluding hydrogens is 228 g/mol. The van der Waals surface area contributed by atoms with E-state index in [1.165, 1.54) is 0 Å². The first-order valence-corrected chi connectivity index (χ1v) is 4.54. The van der Waals surface area contributed by atoms with Crippen LogP contribution in [0.2, 0.25) is 0 Å². The third-order valence-electron chi connectivity index (χ3n) is 1.11. The van der Waals surface area contributed by atoms with E-state index in [0.29, 0.717) is 0 Å². The van der Waals surface area contributed by atoms with Crippen molar-refractivity contribution in [2.24, 2.45) is 0 Å². The van der Waals surface area contributed by atoms with E-state index in [1.54, 1.807) is 0 Å². The highest BCUT2D eigenvalue weighted by atomic mass is 35.5. The van der Waals surface area contributed by atoms with Gasteiger partial charge in [-0.2, -0.15) is 8.42 Å². The fourth-order valence-corrected chi connectivity index (χ4v) is 1.11. The van der Waals surface area contributed by atoms with Crippen LogP contribution in [-0.4, -0.2) is 39.3 Å². The predicted octanol–water partition coefficient (Wildman–Crippen LogP) is -0.631. The van der Waals surface area contributed by atoms with E-state index in [1.807, 2.05) is 0 Å². The van der Waals surface area contributed by atoms with Crippen molar-refractivity contribution >= 4 is 33.7 Å². The number of hydrogen-bond acceptors (Lipinski definition) is 4. The number of aliphatic carboxylic acids is 2. The van der Waals surface area contributed by atoms with Crippen molar-refractivity contribution < 1.29 is 32.8 Å². The third kappa shape index (κ3) is 2.54. The van der Waals surface area contributed by atoms with Gasteiger partial charge in [-0.3, -0.25) is 9.35 Å². The molecule has 0 saturated carbocycles. The van der Waals surface area contributed by atoms with Gasteiger partial charge in [0.2, 0.25) is 0 Å². The quantitative estimate of drug-likeness (QED) is 0.435. The van der Waals surface area contributed by atoms with Crippen molar-refractivity contribution in [1.82, 2.24) is 0 Å². The zero-order valence-corrected chi connectivity index (χ0v) is 7.54. The molecule has 0 saturated heterocycles. The van der Waals surface area contributed by atoms with Gasteiger partial charge in [-0.05, 0) is 0 Å². The smallest absolute Gasteiger partial charge is 0.343 e. The molecule has 0 spiro atoms. The van der Waals surface area contributed by atoms with Gasteiger partial charge >= 0.3 is 11.9 Å². The molecule has 0 aromatic rings. The molecule has 0 radical (unpaired) electrons. The van der Waals surface area contributed by atoms with Crippen LogP contribution in [0.25, 0.3) is 0 Å². The van der Waals surface area contributed by atoms with Gasteiger partial charge in [0.25, 0.3) is 14.3 Å². The molecule has 0 rings (SSSR count).